The van der Waals surface area contributed by atoms with Crippen LogP contribution in [0.5, 0.6) is 5.75 Å². The first kappa shape index (κ1) is 12.1. The van der Waals surface area contributed by atoms with Crippen LogP contribution < -0.4 is 10.5 Å². The largest absolute Gasteiger partial charge is 0.496 e. The third-order valence-electron chi connectivity index (χ3n) is 3.71. The van der Waals surface area contributed by atoms with Crippen LogP contribution in [0.4, 0.5) is 5.82 Å². The maximum Gasteiger partial charge on any atom is 0.172 e. The molecule has 100 valence electrons. The van der Waals surface area contributed by atoms with Crippen molar-refractivity contribution >= 4 is 5.82 Å². The maximum atomic E-state index is 5.62. The number of nitrogens with two attached hydrogens (primary N) is 1. The Labute approximate surface area is 112 Å². The van der Waals surface area contributed by atoms with Gasteiger partial charge in [0.2, 0.25) is 0 Å². The Morgan fingerprint density at radius 3 is 2.47 bits per heavy atom. The molecule has 4 heteroatoms. The van der Waals surface area contributed by atoms with Crippen molar-refractivity contribution < 1.29 is 9.26 Å². The maximum absolute atomic E-state index is 5.62. The van der Waals surface area contributed by atoms with Gasteiger partial charge in [0.05, 0.1) is 12.7 Å². The van der Waals surface area contributed by atoms with Crippen LogP contribution in [0.1, 0.15) is 30.4 Å². The quantitative estimate of drug-likeness (QED) is 0.840. The number of nitrogen functional groups attached to an aromatic ring is 1. The van der Waals surface area contributed by atoms with E-state index in [0.29, 0.717) is 11.6 Å². The molecule has 2 aromatic rings. The van der Waals surface area contributed by atoms with Crippen LogP contribution in [0.25, 0.3) is 11.3 Å². The first-order chi connectivity index (χ1) is 9.28. The van der Waals surface area contributed by atoms with Gasteiger partial charge in [-0.3, -0.25) is 0 Å². The lowest BCUT2D eigenvalue weighted by Crippen LogP contribution is -1.96. The average molecular weight is 258 g/mol. The molecular formula is C15H18N2O2. The summed E-state index contributed by atoms with van der Waals surface area (Å²) in [5, 5.41) is 3.75. The predicted octanol–water partition coefficient (Wildman–Crippen LogP) is 3.20. The number of anilines is 1. The molecule has 1 heterocycles. The number of hydrogen-bond donors (Lipinski definition) is 1. The van der Waals surface area contributed by atoms with Crippen molar-refractivity contribution in [1.82, 2.24) is 5.16 Å². The summed E-state index contributed by atoms with van der Waals surface area (Å²) in [4.78, 5) is 0. The highest BCUT2D eigenvalue weighted by Crippen LogP contribution is 2.35. The van der Waals surface area contributed by atoms with Crippen molar-refractivity contribution in [1.29, 1.82) is 0 Å². The number of ether oxygens (including phenoxy) is 1. The molecule has 0 saturated heterocycles. The Bertz CT molecular complexity index is 590. The van der Waals surface area contributed by atoms with E-state index in [1.807, 2.05) is 0 Å². The highest BCUT2D eigenvalue weighted by Gasteiger charge is 2.16. The molecule has 0 unspecified atom stereocenters. The zero-order valence-corrected chi connectivity index (χ0v) is 11.1. The molecule has 2 N–H and O–H groups in total. The SMILES string of the molecule is COc1cc2c(cc1-c1cc(N)no1)CCCCC2. The minimum absolute atomic E-state index is 0.395. The smallest absolute Gasteiger partial charge is 0.172 e. The Kier molecular flexibility index (Phi) is 3.15. The summed E-state index contributed by atoms with van der Waals surface area (Å²) in [5.41, 5.74) is 9.35. The van der Waals surface area contributed by atoms with Gasteiger partial charge >= 0.3 is 0 Å². The fourth-order valence-electron chi connectivity index (χ4n) is 2.72. The van der Waals surface area contributed by atoms with Crippen LogP contribution in [0.2, 0.25) is 0 Å². The molecule has 0 radical (unpaired) electrons. The van der Waals surface area contributed by atoms with Gasteiger partial charge in [0, 0.05) is 6.07 Å². The van der Waals surface area contributed by atoms with Gasteiger partial charge in [0.25, 0.3) is 0 Å². The number of hydrogen-bond acceptors (Lipinski definition) is 4. The highest BCUT2D eigenvalue weighted by molar-refractivity contribution is 5.69. The van der Waals surface area contributed by atoms with Crippen LogP contribution in [-0.2, 0) is 12.8 Å². The van der Waals surface area contributed by atoms with Crippen LogP contribution in [-0.4, -0.2) is 12.3 Å². The van der Waals surface area contributed by atoms with Crippen molar-refractivity contribution in [2.45, 2.75) is 32.1 Å². The topological polar surface area (TPSA) is 61.3 Å². The van der Waals surface area contributed by atoms with Crippen LogP contribution in [0.3, 0.4) is 0 Å². The third kappa shape index (κ3) is 2.30. The normalized spacial score (nSPS) is 14.8. The summed E-state index contributed by atoms with van der Waals surface area (Å²) in [6.45, 7) is 0. The second-order valence-corrected chi connectivity index (χ2v) is 5.00. The lowest BCUT2D eigenvalue weighted by molar-refractivity contribution is 0.406. The first-order valence-corrected chi connectivity index (χ1v) is 6.70. The van der Waals surface area contributed by atoms with E-state index in [0.717, 1.165) is 24.2 Å². The number of nitrogens with zero attached hydrogens (tertiary/aromatic N) is 1. The number of rotatable bonds is 2. The zero-order valence-electron chi connectivity index (χ0n) is 11.1. The molecular weight excluding hydrogens is 240 g/mol. The summed E-state index contributed by atoms with van der Waals surface area (Å²) in [6, 6.07) is 6.04. The van der Waals surface area contributed by atoms with E-state index in [1.165, 1.54) is 30.4 Å². The van der Waals surface area contributed by atoms with Crippen LogP contribution in [0.15, 0.2) is 22.7 Å². The lowest BCUT2D eigenvalue weighted by atomic mass is 9.98. The molecule has 0 aliphatic heterocycles. The minimum atomic E-state index is 0.395. The molecule has 3 rings (SSSR count). The lowest BCUT2D eigenvalue weighted by Gasteiger charge is -2.12. The van der Waals surface area contributed by atoms with Gasteiger partial charge in [-0.25, -0.2) is 0 Å². The molecule has 1 aromatic carbocycles. The molecule has 4 nitrogen and oxygen atoms in total. The Hall–Kier alpha value is -1.97. The molecule has 19 heavy (non-hydrogen) atoms. The van der Waals surface area contributed by atoms with Gasteiger partial charge in [-0.1, -0.05) is 11.6 Å². The van der Waals surface area contributed by atoms with E-state index in [1.54, 1.807) is 13.2 Å². The van der Waals surface area contributed by atoms with Crippen LogP contribution >= 0.6 is 0 Å². The van der Waals surface area contributed by atoms with Crippen molar-refractivity contribution in [2.24, 2.45) is 0 Å². The van der Waals surface area contributed by atoms with Crippen molar-refractivity contribution in [2.75, 3.05) is 12.8 Å². The summed E-state index contributed by atoms with van der Waals surface area (Å²) < 4.78 is 10.7. The number of fused-ring (bicyclic) bond motifs is 1. The molecule has 0 bridgehead atoms. The van der Waals surface area contributed by atoms with E-state index in [9.17, 15) is 0 Å². The van der Waals surface area contributed by atoms with Crippen molar-refractivity contribution in [3.8, 4) is 17.1 Å². The molecule has 0 saturated carbocycles. The summed E-state index contributed by atoms with van der Waals surface area (Å²) in [6.07, 6.45) is 6.05. The fraction of sp³-hybridized carbons (Fsp3) is 0.400. The Morgan fingerprint density at radius 1 is 1.11 bits per heavy atom. The molecule has 0 amide bonds. The second kappa shape index (κ2) is 4.96. The van der Waals surface area contributed by atoms with Gasteiger partial charge in [-0.15, -0.1) is 0 Å². The minimum Gasteiger partial charge on any atom is -0.496 e. The average Bonchev–Trinajstić information content (AvgIpc) is 2.72. The summed E-state index contributed by atoms with van der Waals surface area (Å²) in [5.74, 6) is 1.89. The highest BCUT2D eigenvalue weighted by atomic mass is 16.5. The summed E-state index contributed by atoms with van der Waals surface area (Å²) in [7, 11) is 1.68. The van der Waals surface area contributed by atoms with E-state index in [4.69, 9.17) is 15.0 Å². The van der Waals surface area contributed by atoms with Gasteiger partial charge < -0.3 is 15.0 Å². The molecule has 1 aliphatic carbocycles. The van der Waals surface area contributed by atoms with Crippen LogP contribution in [0, 0.1) is 0 Å². The molecule has 0 spiro atoms. The first-order valence-electron chi connectivity index (χ1n) is 6.70. The number of aryl methyl sites for hydroxylation is 2. The van der Waals surface area contributed by atoms with Crippen molar-refractivity contribution in [3.05, 3.63) is 29.3 Å². The standard InChI is InChI=1S/C15H18N2O2/c1-18-13-8-11-6-4-2-3-5-10(11)7-12(13)14-9-15(16)17-19-14/h7-9H,2-6H2,1H3,(H2,16,17). The molecule has 1 aromatic heterocycles. The molecule has 1 aliphatic rings. The number of aromatic nitrogens is 1. The third-order valence-corrected chi connectivity index (χ3v) is 3.71. The Morgan fingerprint density at radius 2 is 1.84 bits per heavy atom. The van der Waals surface area contributed by atoms with E-state index in [2.05, 4.69) is 17.3 Å². The fourth-order valence-corrected chi connectivity index (χ4v) is 2.72. The monoisotopic (exact) mass is 258 g/mol. The second-order valence-electron chi connectivity index (χ2n) is 5.00. The van der Waals surface area contributed by atoms with Gasteiger partial charge in [0.1, 0.15) is 5.75 Å². The van der Waals surface area contributed by atoms with E-state index in [-0.39, 0.29) is 0 Å². The van der Waals surface area contributed by atoms with E-state index >= 15 is 0 Å². The number of benzene rings is 1. The van der Waals surface area contributed by atoms with Gasteiger partial charge in [-0.2, -0.15) is 0 Å². The zero-order chi connectivity index (χ0) is 13.2. The van der Waals surface area contributed by atoms with E-state index < -0.39 is 0 Å². The Balaban J connectivity index is 2.10. The van der Waals surface area contributed by atoms with Gasteiger partial charge in [-0.05, 0) is 48.9 Å². The molecule has 0 fully saturated rings. The molecule has 0 atom stereocenters. The predicted molar refractivity (Wildman–Crippen MR) is 74.2 cm³/mol. The summed E-state index contributed by atoms with van der Waals surface area (Å²) >= 11 is 0. The van der Waals surface area contributed by atoms with Gasteiger partial charge in [0.15, 0.2) is 11.6 Å². The van der Waals surface area contributed by atoms with Crippen molar-refractivity contribution in [3.63, 3.8) is 0 Å². The number of methoxy groups -OCH3 is 1.